The smallest absolute Gasteiger partial charge is 0.427 e. The zero-order valence-electron chi connectivity index (χ0n) is 10.6. The topological polar surface area (TPSA) is 62.7 Å². The first-order valence-electron chi connectivity index (χ1n) is 5.53. The van der Waals surface area contributed by atoms with Crippen LogP contribution in [0.2, 0.25) is 5.02 Å². The number of nitrogens with zero attached hydrogens (tertiary/aromatic N) is 1. The standard InChI is InChI=1S/C12H16ClN3O2/c1-4-18-12(17)16-15-8(2)10-7-9(13)5-6-11(10)14-3/h5-7,14H,4H2,1-3H3,(H,16,17)/b15-8+. The monoisotopic (exact) mass is 269 g/mol. The number of anilines is 1. The highest BCUT2D eigenvalue weighted by Crippen LogP contribution is 2.20. The molecule has 1 amide bonds. The number of benzene rings is 1. The van der Waals surface area contributed by atoms with Gasteiger partial charge in [-0.1, -0.05) is 11.6 Å². The van der Waals surface area contributed by atoms with Gasteiger partial charge in [0, 0.05) is 23.3 Å². The quantitative estimate of drug-likeness (QED) is 0.653. The van der Waals surface area contributed by atoms with Crippen LogP contribution in [0.5, 0.6) is 0 Å². The van der Waals surface area contributed by atoms with Gasteiger partial charge in [0.2, 0.25) is 0 Å². The van der Waals surface area contributed by atoms with E-state index in [0.29, 0.717) is 17.3 Å². The average molecular weight is 270 g/mol. The predicted octanol–water partition coefficient (Wildman–Crippen LogP) is 2.85. The summed E-state index contributed by atoms with van der Waals surface area (Å²) in [5.74, 6) is 0. The second-order valence-electron chi connectivity index (χ2n) is 3.47. The van der Waals surface area contributed by atoms with E-state index in [4.69, 9.17) is 16.3 Å². The number of carbonyl (C=O) groups is 1. The first-order chi connectivity index (χ1) is 8.58. The molecule has 0 bridgehead atoms. The van der Waals surface area contributed by atoms with Crippen LogP contribution in [-0.4, -0.2) is 25.5 Å². The molecule has 0 unspecified atom stereocenters. The van der Waals surface area contributed by atoms with Gasteiger partial charge in [-0.25, -0.2) is 10.2 Å². The highest BCUT2D eigenvalue weighted by molar-refractivity contribution is 6.31. The van der Waals surface area contributed by atoms with Gasteiger partial charge in [-0.3, -0.25) is 0 Å². The van der Waals surface area contributed by atoms with Crippen LogP contribution in [0.15, 0.2) is 23.3 Å². The first kappa shape index (κ1) is 14.3. The Balaban J connectivity index is 2.88. The molecule has 2 N–H and O–H groups in total. The van der Waals surface area contributed by atoms with Gasteiger partial charge in [0.1, 0.15) is 0 Å². The number of ether oxygens (including phenoxy) is 1. The highest BCUT2D eigenvalue weighted by Gasteiger charge is 2.06. The normalized spacial score (nSPS) is 11.0. The summed E-state index contributed by atoms with van der Waals surface area (Å²) in [6.45, 7) is 3.81. The fourth-order valence-corrected chi connectivity index (χ4v) is 1.56. The van der Waals surface area contributed by atoms with Crippen LogP contribution in [0.1, 0.15) is 19.4 Å². The summed E-state index contributed by atoms with van der Waals surface area (Å²) in [6.07, 6.45) is -0.579. The van der Waals surface area contributed by atoms with Crippen LogP contribution in [0.25, 0.3) is 0 Å². The third kappa shape index (κ3) is 3.92. The lowest BCUT2D eigenvalue weighted by Gasteiger charge is -2.09. The van der Waals surface area contributed by atoms with Crippen molar-refractivity contribution in [2.75, 3.05) is 19.0 Å². The van der Waals surface area contributed by atoms with Crippen molar-refractivity contribution in [1.82, 2.24) is 5.43 Å². The second-order valence-corrected chi connectivity index (χ2v) is 3.91. The SMILES string of the molecule is CCOC(=O)N/N=C(\C)c1cc(Cl)ccc1NC. The number of carbonyl (C=O) groups excluding carboxylic acids is 1. The van der Waals surface area contributed by atoms with Crippen LogP contribution >= 0.6 is 11.6 Å². The summed E-state index contributed by atoms with van der Waals surface area (Å²) in [4.78, 5) is 11.1. The van der Waals surface area contributed by atoms with E-state index in [1.54, 1.807) is 33.0 Å². The van der Waals surface area contributed by atoms with Gasteiger partial charge in [-0.15, -0.1) is 0 Å². The van der Waals surface area contributed by atoms with E-state index in [9.17, 15) is 4.79 Å². The van der Waals surface area contributed by atoms with E-state index in [1.807, 2.05) is 6.07 Å². The summed E-state index contributed by atoms with van der Waals surface area (Å²) >= 11 is 5.94. The van der Waals surface area contributed by atoms with Gasteiger partial charge in [0.15, 0.2) is 0 Å². The van der Waals surface area contributed by atoms with E-state index < -0.39 is 6.09 Å². The molecule has 0 heterocycles. The molecule has 0 fully saturated rings. The van der Waals surface area contributed by atoms with Crippen LogP contribution < -0.4 is 10.7 Å². The summed E-state index contributed by atoms with van der Waals surface area (Å²) in [6, 6.07) is 5.41. The lowest BCUT2D eigenvalue weighted by molar-refractivity contribution is 0.152. The Hall–Kier alpha value is -1.75. The maximum Gasteiger partial charge on any atom is 0.427 e. The third-order valence-corrected chi connectivity index (χ3v) is 2.47. The molecule has 0 radical (unpaired) electrons. The molecule has 0 aliphatic carbocycles. The number of amides is 1. The Morgan fingerprint density at radius 2 is 2.22 bits per heavy atom. The molecule has 0 atom stereocenters. The van der Waals surface area contributed by atoms with Crippen LogP contribution in [0.4, 0.5) is 10.5 Å². The Morgan fingerprint density at radius 3 is 2.83 bits per heavy atom. The second kappa shape index (κ2) is 6.86. The molecule has 0 saturated heterocycles. The third-order valence-electron chi connectivity index (χ3n) is 2.23. The zero-order chi connectivity index (χ0) is 13.5. The fourth-order valence-electron chi connectivity index (χ4n) is 1.39. The summed E-state index contributed by atoms with van der Waals surface area (Å²) in [5.41, 5.74) is 4.64. The Labute approximate surface area is 111 Å². The zero-order valence-corrected chi connectivity index (χ0v) is 11.3. The Bertz CT molecular complexity index is 461. The van der Waals surface area contributed by atoms with E-state index in [-0.39, 0.29) is 0 Å². The van der Waals surface area contributed by atoms with Gasteiger partial charge in [-0.05, 0) is 32.0 Å². The number of rotatable bonds is 4. The molecule has 0 aliphatic heterocycles. The number of halogens is 1. The number of hydrazone groups is 1. The van der Waals surface area contributed by atoms with Crippen LogP contribution in [-0.2, 0) is 4.74 Å². The summed E-state index contributed by atoms with van der Waals surface area (Å²) in [7, 11) is 1.80. The minimum absolute atomic E-state index is 0.305. The van der Waals surface area contributed by atoms with Crippen molar-refractivity contribution in [1.29, 1.82) is 0 Å². The van der Waals surface area contributed by atoms with Crippen molar-refractivity contribution in [3.05, 3.63) is 28.8 Å². The number of hydrogen-bond acceptors (Lipinski definition) is 4. The van der Waals surface area contributed by atoms with Gasteiger partial charge < -0.3 is 10.1 Å². The van der Waals surface area contributed by atoms with Crippen molar-refractivity contribution in [2.24, 2.45) is 5.10 Å². The van der Waals surface area contributed by atoms with E-state index >= 15 is 0 Å². The Morgan fingerprint density at radius 1 is 1.50 bits per heavy atom. The minimum Gasteiger partial charge on any atom is -0.449 e. The summed E-state index contributed by atoms with van der Waals surface area (Å²) in [5, 5.41) is 7.60. The van der Waals surface area contributed by atoms with Gasteiger partial charge in [0.25, 0.3) is 0 Å². The molecule has 1 aromatic rings. The molecule has 0 spiro atoms. The molecule has 18 heavy (non-hydrogen) atoms. The van der Waals surface area contributed by atoms with Crippen molar-refractivity contribution in [3.8, 4) is 0 Å². The minimum atomic E-state index is -0.579. The first-order valence-corrected chi connectivity index (χ1v) is 5.91. The van der Waals surface area contributed by atoms with Crippen molar-refractivity contribution >= 4 is 29.1 Å². The number of nitrogens with one attached hydrogen (secondary N) is 2. The molecule has 0 aliphatic rings. The molecule has 0 aromatic heterocycles. The number of hydrogen-bond donors (Lipinski definition) is 2. The van der Waals surface area contributed by atoms with Gasteiger partial charge in [-0.2, -0.15) is 5.10 Å². The molecule has 0 saturated carbocycles. The Kier molecular flexibility index (Phi) is 5.45. The molecule has 5 nitrogen and oxygen atoms in total. The molecular weight excluding hydrogens is 254 g/mol. The predicted molar refractivity (Wildman–Crippen MR) is 73.4 cm³/mol. The van der Waals surface area contributed by atoms with E-state index in [1.165, 1.54) is 0 Å². The van der Waals surface area contributed by atoms with Gasteiger partial charge in [0.05, 0.1) is 12.3 Å². The molecule has 1 aromatic carbocycles. The van der Waals surface area contributed by atoms with E-state index in [2.05, 4.69) is 15.8 Å². The van der Waals surface area contributed by atoms with Gasteiger partial charge >= 0.3 is 6.09 Å². The van der Waals surface area contributed by atoms with Crippen molar-refractivity contribution < 1.29 is 9.53 Å². The summed E-state index contributed by atoms with van der Waals surface area (Å²) < 4.78 is 4.71. The van der Waals surface area contributed by atoms with Crippen LogP contribution in [0.3, 0.4) is 0 Å². The molecule has 1 rings (SSSR count). The lowest BCUT2D eigenvalue weighted by atomic mass is 10.1. The molecule has 98 valence electrons. The highest BCUT2D eigenvalue weighted by atomic mass is 35.5. The molecule has 6 heteroatoms. The lowest BCUT2D eigenvalue weighted by Crippen LogP contribution is -2.20. The van der Waals surface area contributed by atoms with E-state index in [0.717, 1.165) is 11.3 Å². The maximum absolute atomic E-state index is 11.1. The largest absolute Gasteiger partial charge is 0.449 e. The maximum atomic E-state index is 11.1. The molecular formula is C12H16ClN3O2. The van der Waals surface area contributed by atoms with Crippen LogP contribution in [0, 0.1) is 0 Å². The average Bonchev–Trinajstić information content (AvgIpc) is 2.36. The van der Waals surface area contributed by atoms with Crippen molar-refractivity contribution in [2.45, 2.75) is 13.8 Å². The van der Waals surface area contributed by atoms with Crippen molar-refractivity contribution in [3.63, 3.8) is 0 Å². The fraction of sp³-hybridized carbons (Fsp3) is 0.333.